The second kappa shape index (κ2) is 8.64. The van der Waals surface area contributed by atoms with Crippen molar-refractivity contribution in [3.63, 3.8) is 0 Å². The minimum atomic E-state index is -0.526. The normalized spacial score (nSPS) is 17.4. The topological polar surface area (TPSA) is 68.4 Å². The number of nitrogens with zero attached hydrogens (tertiary/aromatic N) is 1. The Morgan fingerprint density at radius 2 is 2.03 bits per heavy atom. The van der Waals surface area contributed by atoms with Crippen LogP contribution in [0, 0.1) is 6.92 Å². The van der Waals surface area contributed by atoms with Crippen molar-refractivity contribution >= 4 is 22.9 Å². The molecule has 0 spiro atoms. The highest BCUT2D eigenvalue weighted by atomic mass is 16.5. The van der Waals surface area contributed by atoms with E-state index in [0.717, 1.165) is 25.1 Å². The molecule has 5 heteroatoms. The lowest BCUT2D eigenvalue weighted by Crippen LogP contribution is -2.30. The summed E-state index contributed by atoms with van der Waals surface area (Å²) < 4.78 is 0. The van der Waals surface area contributed by atoms with Gasteiger partial charge >= 0.3 is 0 Å². The zero-order chi connectivity index (χ0) is 20.2. The maximum atomic E-state index is 11.1. The van der Waals surface area contributed by atoms with E-state index in [9.17, 15) is 4.79 Å². The van der Waals surface area contributed by atoms with E-state index < -0.39 is 5.91 Å². The van der Waals surface area contributed by atoms with Gasteiger partial charge in [-0.1, -0.05) is 42.5 Å². The van der Waals surface area contributed by atoms with Crippen LogP contribution in [0.3, 0.4) is 0 Å². The van der Waals surface area contributed by atoms with Gasteiger partial charge in [0.1, 0.15) is 0 Å². The molecule has 0 bridgehead atoms. The molecule has 1 amide bonds. The van der Waals surface area contributed by atoms with E-state index in [1.807, 2.05) is 12.1 Å². The van der Waals surface area contributed by atoms with Gasteiger partial charge in [0.2, 0.25) is 0 Å². The number of aromatic amines is 1. The van der Waals surface area contributed by atoms with E-state index in [0.29, 0.717) is 6.04 Å². The van der Waals surface area contributed by atoms with Gasteiger partial charge in [0.25, 0.3) is 5.91 Å². The van der Waals surface area contributed by atoms with Crippen LogP contribution in [-0.4, -0.2) is 33.6 Å². The maximum Gasteiger partial charge on any atom is 0.267 e. The summed E-state index contributed by atoms with van der Waals surface area (Å²) in [5, 5.41) is 9.90. The molecule has 1 aliphatic rings. The number of amides is 1. The number of rotatable bonds is 6. The summed E-state index contributed by atoms with van der Waals surface area (Å²) in [6.45, 7) is 4.25. The molecule has 0 aliphatic carbocycles. The molecule has 0 saturated carbocycles. The molecule has 3 N–H and O–H groups in total. The second-order valence-electron chi connectivity index (χ2n) is 7.80. The van der Waals surface area contributed by atoms with Crippen LogP contribution in [0.25, 0.3) is 17.0 Å². The average Bonchev–Trinajstić information content (AvgIpc) is 3.31. The van der Waals surface area contributed by atoms with Gasteiger partial charge in [-0.05, 0) is 61.6 Å². The minimum Gasteiger partial charge on any atom is -0.358 e. The number of nitrogens with one attached hydrogen (secondary N) is 2. The Morgan fingerprint density at radius 1 is 1.24 bits per heavy atom. The number of H-pyrrole nitrogens is 1. The molecule has 1 saturated heterocycles. The summed E-state index contributed by atoms with van der Waals surface area (Å²) in [6, 6.07) is 17.4. The van der Waals surface area contributed by atoms with Crippen molar-refractivity contribution in [2.45, 2.75) is 38.8 Å². The number of hydroxylamine groups is 1. The highest BCUT2D eigenvalue weighted by Crippen LogP contribution is 2.29. The average molecular weight is 389 g/mol. The molecule has 5 nitrogen and oxygen atoms in total. The molecule has 1 aromatic heterocycles. The number of carbonyl (C=O) groups is 1. The number of para-hydroxylation sites is 1. The second-order valence-corrected chi connectivity index (χ2v) is 7.80. The Hall–Kier alpha value is -2.89. The number of fused-ring (bicyclic) bond motifs is 1. The first-order valence-corrected chi connectivity index (χ1v) is 10.2. The quantitative estimate of drug-likeness (QED) is 0.336. The first kappa shape index (κ1) is 19.4. The Morgan fingerprint density at radius 3 is 2.83 bits per heavy atom. The summed E-state index contributed by atoms with van der Waals surface area (Å²) in [5.41, 5.74) is 7.76. The number of aryl methyl sites for hydroxylation is 1. The van der Waals surface area contributed by atoms with Crippen LogP contribution in [0.15, 0.2) is 54.6 Å². The largest absolute Gasteiger partial charge is 0.358 e. The predicted molar refractivity (Wildman–Crippen MR) is 116 cm³/mol. The lowest BCUT2D eigenvalue weighted by molar-refractivity contribution is -0.124. The molecule has 0 unspecified atom stereocenters. The van der Waals surface area contributed by atoms with Crippen molar-refractivity contribution in [2.75, 3.05) is 6.54 Å². The molecular weight excluding hydrogens is 362 g/mol. The van der Waals surface area contributed by atoms with Crippen molar-refractivity contribution in [1.82, 2.24) is 15.4 Å². The van der Waals surface area contributed by atoms with Gasteiger partial charge in [-0.25, -0.2) is 5.48 Å². The molecule has 1 atom stereocenters. The van der Waals surface area contributed by atoms with Crippen molar-refractivity contribution in [3.8, 4) is 0 Å². The summed E-state index contributed by atoms with van der Waals surface area (Å²) in [6.07, 6.45) is 6.55. The molecule has 0 radical (unpaired) electrons. The summed E-state index contributed by atoms with van der Waals surface area (Å²) in [4.78, 5) is 17.2. The monoisotopic (exact) mass is 389 g/mol. The Kier molecular flexibility index (Phi) is 5.79. The Balaban J connectivity index is 1.44. The first-order valence-electron chi connectivity index (χ1n) is 10.2. The van der Waals surface area contributed by atoms with Crippen LogP contribution in [0.5, 0.6) is 0 Å². The predicted octanol–water partition coefficient (Wildman–Crippen LogP) is 4.20. The van der Waals surface area contributed by atoms with Gasteiger partial charge in [0.15, 0.2) is 0 Å². The summed E-state index contributed by atoms with van der Waals surface area (Å²) >= 11 is 0. The number of hydrogen-bond donors (Lipinski definition) is 3. The molecule has 29 heavy (non-hydrogen) atoms. The fourth-order valence-electron chi connectivity index (χ4n) is 4.35. The summed E-state index contributed by atoms with van der Waals surface area (Å²) in [7, 11) is 0. The highest BCUT2D eigenvalue weighted by molar-refractivity contribution is 5.90. The van der Waals surface area contributed by atoms with Gasteiger partial charge in [0.05, 0.1) is 0 Å². The fraction of sp³-hybridized carbons (Fsp3) is 0.292. The van der Waals surface area contributed by atoms with Gasteiger partial charge in [-0.3, -0.25) is 14.9 Å². The van der Waals surface area contributed by atoms with Crippen LogP contribution in [0.2, 0.25) is 0 Å². The van der Waals surface area contributed by atoms with Crippen LogP contribution in [0.4, 0.5) is 0 Å². The molecule has 1 aliphatic heterocycles. The third-order valence-corrected chi connectivity index (χ3v) is 5.87. The van der Waals surface area contributed by atoms with Gasteiger partial charge < -0.3 is 4.98 Å². The number of hydrogen-bond acceptors (Lipinski definition) is 3. The first-order chi connectivity index (χ1) is 14.1. The lowest BCUT2D eigenvalue weighted by Gasteiger charge is -2.25. The van der Waals surface area contributed by atoms with Crippen LogP contribution >= 0.6 is 0 Å². The maximum absolute atomic E-state index is 11.1. The SMILES string of the molecule is Cc1[nH]c2ccccc2c1C[C@H]1CCCN1Cc1ccc(C=CC(=O)NO)cc1. The van der Waals surface area contributed by atoms with E-state index in [2.05, 4.69) is 53.2 Å². The summed E-state index contributed by atoms with van der Waals surface area (Å²) in [5.74, 6) is -0.526. The molecule has 150 valence electrons. The van der Waals surface area contributed by atoms with Crippen LogP contribution < -0.4 is 5.48 Å². The molecule has 3 aromatic rings. The van der Waals surface area contributed by atoms with Gasteiger partial charge in [-0.2, -0.15) is 0 Å². The fourth-order valence-corrected chi connectivity index (χ4v) is 4.35. The van der Waals surface area contributed by atoms with Gasteiger partial charge in [-0.15, -0.1) is 0 Å². The van der Waals surface area contributed by atoms with E-state index >= 15 is 0 Å². The number of aromatic nitrogens is 1. The van der Waals surface area contributed by atoms with Crippen LogP contribution in [0.1, 0.15) is 35.2 Å². The zero-order valence-electron chi connectivity index (χ0n) is 16.7. The number of benzene rings is 2. The third kappa shape index (κ3) is 4.42. The zero-order valence-corrected chi connectivity index (χ0v) is 16.7. The van der Waals surface area contributed by atoms with Crippen molar-refractivity contribution in [2.24, 2.45) is 0 Å². The molecule has 1 fully saturated rings. The van der Waals surface area contributed by atoms with Gasteiger partial charge in [0, 0.05) is 35.3 Å². The number of likely N-dealkylation sites (tertiary alicyclic amines) is 1. The van der Waals surface area contributed by atoms with Crippen molar-refractivity contribution < 1.29 is 10.0 Å². The van der Waals surface area contributed by atoms with E-state index in [1.54, 1.807) is 11.6 Å². The lowest BCUT2D eigenvalue weighted by atomic mass is 10.0. The number of carbonyl (C=O) groups excluding carboxylic acids is 1. The standard InChI is InChI=1S/C24H27N3O2/c1-17-22(21-6-2-3-7-23(21)25-17)15-20-5-4-14-27(20)16-19-10-8-18(9-11-19)12-13-24(28)26-29/h2-3,6-13,20,25,29H,4-5,14-16H2,1H3,(H,26,28)/t20-/m1/s1. The smallest absolute Gasteiger partial charge is 0.267 e. The van der Waals surface area contributed by atoms with E-state index in [1.165, 1.54) is 46.6 Å². The molecular formula is C24H27N3O2. The van der Waals surface area contributed by atoms with E-state index in [-0.39, 0.29) is 0 Å². The van der Waals surface area contributed by atoms with Crippen molar-refractivity contribution in [3.05, 3.63) is 77.0 Å². The van der Waals surface area contributed by atoms with E-state index in [4.69, 9.17) is 5.21 Å². The molecule has 2 aromatic carbocycles. The minimum absolute atomic E-state index is 0.526. The third-order valence-electron chi connectivity index (χ3n) is 5.87. The van der Waals surface area contributed by atoms with Crippen molar-refractivity contribution in [1.29, 1.82) is 0 Å². The Labute approximate surface area is 171 Å². The molecule has 4 rings (SSSR count). The molecule has 2 heterocycles. The highest BCUT2D eigenvalue weighted by Gasteiger charge is 2.26. The van der Waals surface area contributed by atoms with Crippen LogP contribution in [-0.2, 0) is 17.8 Å². The Bertz CT molecular complexity index is 1020.